The maximum absolute atomic E-state index is 12.6. The molecule has 0 radical (unpaired) electrons. The molecule has 28 heavy (non-hydrogen) atoms. The highest BCUT2D eigenvalue weighted by Crippen LogP contribution is 2.26. The van der Waals surface area contributed by atoms with Gasteiger partial charge in [0.05, 0.1) is 16.3 Å². The Bertz CT molecular complexity index is 1060. The van der Waals surface area contributed by atoms with Crippen molar-refractivity contribution < 1.29 is 14.7 Å². The second kappa shape index (κ2) is 8.28. The van der Waals surface area contributed by atoms with Crippen LogP contribution >= 0.6 is 35.4 Å². The van der Waals surface area contributed by atoms with Gasteiger partial charge >= 0.3 is 6.03 Å². The number of carbonyl (C=O) groups excluding carboxylic acids is 2. The number of hydrogen-bond donors (Lipinski definition) is 2. The molecule has 1 aliphatic rings. The third kappa shape index (κ3) is 3.88. The van der Waals surface area contributed by atoms with Crippen LogP contribution in [0.5, 0.6) is 0 Å². The summed E-state index contributed by atoms with van der Waals surface area (Å²) in [6.45, 7) is 3.55. The van der Waals surface area contributed by atoms with Gasteiger partial charge in [-0.1, -0.05) is 47.6 Å². The zero-order valence-corrected chi connectivity index (χ0v) is 16.8. The van der Waals surface area contributed by atoms with Crippen LogP contribution < -0.4 is 5.32 Å². The van der Waals surface area contributed by atoms with Gasteiger partial charge in [0.15, 0.2) is 6.23 Å². The van der Waals surface area contributed by atoms with Crippen molar-refractivity contribution in [3.63, 3.8) is 0 Å². The topological polar surface area (TPSA) is 74.6 Å². The Morgan fingerprint density at radius 1 is 1.29 bits per heavy atom. The summed E-state index contributed by atoms with van der Waals surface area (Å²) in [4.78, 5) is 25.4. The van der Waals surface area contributed by atoms with Crippen LogP contribution in [0.4, 0.5) is 4.79 Å². The number of urea groups is 1. The van der Waals surface area contributed by atoms with Crippen LogP contribution in [0.3, 0.4) is 0 Å². The monoisotopic (exact) mass is 435 g/mol. The number of imide groups is 1. The smallest absolute Gasteiger partial charge is 0.326 e. The Hall–Kier alpha value is -2.45. The van der Waals surface area contributed by atoms with Crippen LogP contribution in [-0.4, -0.2) is 39.3 Å². The van der Waals surface area contributed by atoms with E-state index < -0.39 is 18.2 Å². The van der Waals surface area contributed by atoms with E-state index >= 15 is 0 Å². The fourth-order valence-electron chi connectivity index (χ4n) is 2.73. The number of hydrogen-bond acceptors (Lipinski definition) is 4. The van der Waals surface area contributed by atoms with Gasteiger partial charge in [-0.15, -0.1) is 6.58 Å². The third-order valence-electron chi connectivity index (χ3n) is 4.06. The molecule has 3 amide bonds. The second-order valence-electron chi connectivity index (χ2n) is 5.89. The molecular formula is C19H15Cl2N3O3S. The lowest BCUT2D eigenvalue weighted by Crippen LogP contribution is -2.56. The van der Waals surface area contributed by atoms with E-state index in [1.54, 1.807) is 41.1 Å². The lowest BCUT2D eigenvalue weighted by Gasteiger charge is -2.30. The summed E-state index contributed by atoms with van der Waals surface area (Å²) in [5, 5.41) is 13.4. The summed E-state index contributed by atoms with van der Waals surface area (Å²) in [5.74, 6) is -0.620. The molecule has 2 aromatic rings. The van der Waals surface area contributed by atoms with E-state index in [2.05, 4.69) is 11.9 Å². The number of aromatic nitrogens is 1. The Kier molecular flexibility index (Phi) is 6.00. The number of rotatable bonds is 4. The molecule has 1 atom stereocenters. The maximum atomic E-state index is 12.6. The minimum Gasteiger partial charge on any atom is -0.369 e. The molecule has 1 aliphatic heterocycles. The quantitative estimate of drug-likeness (QED) is 0.433. The van der Waals surface area contributed by atoms with E-state index in [9.17, 15) is 14.7 Å². The molecule has 0 aliphatic carbocycles. The van der Waals surface area contributed by atoms with Gasteiger partial charge in [-0.25, -0.2) is 4.79 Å². The summed E-state index contributed by atoms with van der Waals surface area (Å²) in [7, 11) is 0. The van der Waals surface area contributed by atoms with Crippen molar-refractivity contribution in [3.05, 3.63) is 75.0 Å². The molecule has 2 N–H and O–H groups in total. The van der Waals surface area contributed by atoms with Crippen LogP contribution in [0.25, 0.3) is 11.8 Å². The van der Waals surface area contributed by atoms with E-state index in [4.69, 9.17) is 35.4 Å². The zero-order valence-electron chi connectivity index (χ0n) is 14.4. The molecule has 1 aromatic carbocycles. The number of benzene rings is 1. The summed E-state index contributed by atoms with van der Waals surface area (Å²) in [6.07, 6.45) is 3.16. The van der Waals surface area contributed by atoms with E-state index in [-0.39, 0.29) is 12.1 Å². The predicted molar refractivity (Wildman–Crippen MR) is 111 cm³/mol. The predicted octanol–water partition coefficient (Wildman–Crippen LogP) is 3.95. The Morgan fingerprint density at radius 2 is 2.04 bits per heavy atom. The summed E-state index contributed by atoms with van der Waals surface area (Å²) >= 11 is 17.8. The van der Waals surface area contributed by atoms with E-state index in [1.165, 1.54) is 12.2 Å². The van der Waals surface area contributed by atoms with Crippen LogP contribution in [0.2, 0.25) is 10.0 Å². The number of halogens is 2. The third-order valence-corrected chi connectivity index (χ3v) is 5.03. The Morgan fingerprint density at radius 3 is 2.71 bits per heavy atom. The van der Waals surface area contributed by atoms with Crippen molar-refractivity contribution in [2.45, 2.75) is 6.23 Å². The number of nitrogens with one attached hydrogen (secondary N) is 1. The molecule has 0 saturated carbocycles. The van der Waals surface area contributed by atoms with E-state index in [1.807, 2.05) is 0 Å². The Labute approximate surface area is 176 Å². The van der Waals surface area contributed by atoms with Crippen molar-refractivity contribution >= 4 is 53.4 Å². The van der Waals surface area contributed by atoms with Gasteiger partial charge in [0.2, 0.25) is 0 Å². The molecule has 1 fully saturated rings. The molecular weight excluding hydrogens is 421 g/mol. The van der Waals surface area contributed by atoms with Crippen molar-refractivity contribution in [2.75, 3.05) is 6.54 Å². The van der Waals surface area contributed by atoms with Gasteiger partial charge < -0.3 is 15.0 Å². The normalized spacial score (nSPS) is 18.3. The number of carbonyl (C=O) groups is 2. The Balaban J connectivity index is 2.07. The fraction of sp³-hybridized carbons (Fsp3) is 0.105. The van der Waals surface area contributed by atoms with E-state index in [0.717, 1.165) is 4.90 Å². The standard InChI is InChI=1S/C19H15Cl2N3O3S/c1-2-7-24-17(26)13(16(25)22-19(24)27)9-11-4-3-8-23(18(11)28)15-6-5-12(20)10-14(15)21/h2-6,8-10,16,25H,1,7H2,(H,22,27)/b13-9+. The van der Waals surface area contributed by atoms with Crippen molar-refractivity contribution in [2.24, 2.45) is 0 Å². The van der Waals surface area contributed by atoms with Gasteiger partial charge in [0.1, 0.15) is 4.64 Å². The summed E-state index contributed by atoms with van der Waals surface area (Å²) < 4.78 is 2.03. The number of aliphatic hydroxyl groups excluding tert-OH is 1. The van der Waals surface area contributed by atoms with Gasteiger partial charge in [0, 0.05) is 23.3 Å². The summed E-state index contributed by atoms with van der Waals surface area (Å²) in [6, 6.07) is 7.75. The summed E-state index contributed by atoms with van der Waals surface area (Å²) in [5.41, 5.74) is 1.11. The van der Waals surface area contributed by atoms with Crippen molar-refractivity contribution in [1.82, 2.24) is 14.8 Å². The first-order chi connectivity index (χ1) is 13.3. The van der Waals surface area contributed by atoms with Gasteiger partial charge in [-0.05, 0) is 30.3 Å². The molecule has 0 spiro atoms. The molecule has 1 saturated heterocycles. The number of amides is 3. The second-order valence-corrected chi connectivity index (χ2v) is 7.12. The highest BCUT2D eigenvalue weighted by molar-refractivity contribution is 7.71. The minimum absolute atomic E-state index is 0.00694. The average molecular weight is 436 g/mol. The molecule has 1 aromatic heterocycles. The van der Waals surface area contributed by atoms with Crippen LogP contribution in [-0.2, 0) is 4.79 Å². The molecule has 0 bridgehead atoms. The van der Waals surface area contributed by atoms with Crippen molar-refractivity contribution in [1.29, 1.82) is 0 Å². The number of nitrogens with zero attached hydrogens (tertiary/aromatic N) is 2. The average Bonchev–Trinajstić information content (AvgIpc) is 2.64. The SMILES string of the molecule is C=CCN1C(=O)NC(O)/C(=C\c2cccn(-c3ccc(Cl)cc3Cl)c2=S)C1=O. The molecule has 1 unspecified atom stereocenters. The van der Waals surface area contributed by atoms with Crippen LogP contribution in [0.1, 0.15) is 5.56 Å². The minimum atomic E-state index is -1.44. The van der Waals surface area contributed by atoms with Gasteiger partial charge in [-0.2, -0.15) is 0 Å². The van der Waals surface area contributed by atoms with Crippen LogP contribution in [0.15, 0.2) is 54.8 Å². The van der Waals surface area contributed by atoms with Crippen molar-refractivity contribution in [3.8, 4) is 5.69 Å². The van der Waals surface area contributed by atoms with Crippen LogP contribution in [0, 0.1) is 4.64 Å². The lowest BCUT2D eigenvalue weighted by molar-refractivity contribution is -0.126. The molecule has 3 rings (SSSR count). The molecule has 2 heterocycles. The van der Waals surface area contributed by atoms with Gasteiger partial charge in [0.25, 0.3) is 5.91 Å². The lowest BCUT2D eigenvalue weighted by atomic mass is 10.1. The molecule has 6 nitrogen and oxygen atoms in total. The highest BCUT2D eigenvalue weighted by atomic mass is 35.5. The van der Waals surface area contributed by atoms with Gasteiger partial charge in [-0.3, -0.25) is 9.69 Å². The first-order valence-electron chi connectivity index (χ1n) is 8.13. The molecule has 144 valence electrons. The maximum Gasteiger partial charge on any atom is 0.326 e. The molecule has 9 heteroatoms. The zero-order chi connectivity index (χ0) is 20.4. The number of pyridine rings is 1. The fourth-order valence-corrected chi connectivity index (χ4v) is 3.51. The van der Waals surface area contributed by atoms with E-state index in [0.29, 0.717) is 25.9 Å². The largest absolute Gasteiger partial charge is 0.369 e. The first kappa shape index (κ1) is 20.3. The first-order valence-corrected chi connectivity index (χ1v) is 9.30. The number of aliphatic hydroxyl groups is 1. The highest BCUT2D eigenvalue weighted by Gasteiger charge is 2.34.